The van der Waals surface area contributed by atoms with E-state index in [0.717, 1.165) is 24.8 Å². The molecule has 2 amide bonds. The highest BCUT2D eigenvalue weighted by molar-refractivity contribution is 5.88. The number of rotatable bonds is 10. The second-order valence-electron chi connectivity index (χ2n) is 9.92. The minimum absolute atomic E-state index is 0.0142. The number of carbonyl (C=O) groups excluding carboxylic acids is 2. The van der Waals surface area contributed by atoms with Gasteiger partial charge in [0.05, 0.1) is 26.3 Å². The minimum atomic E-state index is -0.230. The van der Waals surface area contributed by atoms with Crippen LogP contribution in [0.5, 0.6) is 11.5 Å². The molecule has 1 aromatic carbocycles. The van der Waals surface area contributed by atoms with Crippen LogP contribution in [-0.2, 0) is 14.3 Å². The lowest BCUT2D eigenvalue weighted by Crippen LogP contribution is -2.54. The molecular formula is C25H36N2O5. The van der Waals surface area contributed by atoms with E-state index in [1.165, 1.54) is 19.3 Å². The Hall–Kier alpha value is -2.28. The number of methoxy groups -OCH3 is 2. The first-order valence-electron chi connectivity index (χ1n) is 11.8. The highest BCUT2D eigenvalue weighted by Crippen LogP contribution is 2.60. The molecule has 4 bridgehead atoms. The molecule has 0 spiro atoms. The second-order valence-corrected chi connectivity index (χ2v) is 9.92. The Labute approximate surface area is 190 Å². The quantitative estimate of drug-likeness (QED) is 0.541. The van der Waals surface area contributed by atoms with Crippen molar-refractivity contribution in [2.75, 3.05) is 34.0 Å². The van der Waals surface area contributed by atoms with Gasteiger partial charge in [0, 0.05) is 12.5 Å². The van der Waals surface area contributed by atoms with Gasteiger partial charge in [0.25, 0.3) is 0 Å². The van der Waals surface area contributed by atoms with Gasteiger partial charge in [-0.3, -0.25) is 9.59 Å². The van der Waals surface area contributed by atoms with Crippen molar-refractivity contribution in [2.45, 2.75) is 51.5 Å². The lowest BCUT2D eigenvalue weighted by Gasteiger charge is -2.55. The molecule has 1 unspecified atom stereocenters. The Morgan fingerprint density at radius 2 is 1.69 bits per heavy atom. The molecule has 4 aliphatic rings. The number of ether oxygens (including phenoxy) is 3. The summed E-state index contributed by atoms with van der Waals surface area (Å²) in [6.07, 6.45) is 6.89. The van der Waals surface area contributed by atoms with Crippen LogP contribution >= 0.6 is 0 Å². The molecule has 2 N–H and O–H groups in total. The van der Waals surface area contributed by atoms with E-state index in [9.17, 15) is 9.59 Å². The summed E-state index contributed by atoms with van der Waals surface area (Å²) in [5, 5.41) is 5.93. The number of hydrogen-bond acceptors (Lipinski definition) is 5. The Kier molecular flexibility index (Phi) is 6.93. The van der Waals surface area contributed by atoms with Crippen molar-refractivity contribution in [1.82, 2.24) is 10.6 Å². The van der Waals surface area contributed by atoms with Gasteiger partial charge in [-0.1, -0.05) is 6.07 Å². The summed E-state index contributed by atoms with van der Waals surface area (Å²) in [6.45, 7) is 2.85. The molecule has 4 fully saturated rings. The molecular weight excluding hydrogens is 408 g/mol. The SMILES string of the molecule is COCCOc1ccc(C(C)NC(=O)CNC(=O)C23CC4CC(CC(C4)C2)C3)cc1OC. The van der Waals surface area contributed by atoms with Gasteiger partial charge < -0.3 is 24.8 Å². The zero-order valence-corrected chi connectivity index (χ0v) is 19.4. The highest BCUT2D eigenvalue weighted by atomic mass is 16.5. The zero-order chi connectivity index (χ0) is 22.7. The van der Waals surface area contributed by atoms with Gasteiger partial charge in [-0.05, 0) is 80.9 Å². The first-order valence-corrected chi connectivity index (χ1v) is 11.8. The summed E-state index contributed by atoms with van der Waals surface area (Å²) in [5.74, 6) is 3.25. The molecule has 4 saturated carbocycles. The standard InChI is InChI=1S/C25H36N2O5/c1-16(20-4-5-21(22(11-20)31-3)32-7-6-30-2)27-23(28)15-26-24(29)25-12-17-8-18(13-25)10-19(9-17)14-25/h4-5,11,16-19H,6-10,12-15H2,1-3H3,(H,26,29)(H,27,28). The fraction of sp³-hybridized carbons (Fsp3) is 0.680. The summed E-state index contributed by atoms with van der Waals surface area (Å²) in [6, 6.07) is 5.38. The molecule has 7 heteroatoms. The van der Waals surface area contributed by atoms with Crippen molar-refractivity contribution < 1.29 is 23.8 Å². The van der Waals surface area contributed by atoms with E-state index in [4.69, 9.17) is 14.2 Å². The van der Waals surface area contributed by atoms with Crippen molar-refractivity contribution in [2.24, 2.45) is 23.2 Å². The molecule has 0 radical (unpaired) electrons. The van der Waals surface area contributed by atoms with E-state index in [-0.39, 0.29) is 29.8 Å². The monoisotopic (exact) mass is 444 g/mol. The van der Waals surface area contributed by atoms with E-state index in [2.05, 4.69) is 10.6 Å². The molecule has 7 nitrogen and oxygen atoms in total. The molecule has 1 aromatic rings. The summed E-state index contributed by atoms with van der Waals surface area (Å²) < 4.78 is 16.1. The summed E-state index contributed by atoms with van der Waals surface area (Å²) >= 11 is 0. The predicted molar refractivity (Wildman–Crippen MR) is 121 cm³/mol. The van der Waals surface area contributed by atoms with Crippen LogP contribution in [0, 0.1) is 23.2 Å². The largest absolute Gasteiger partial charge is 0.493 e. The minimum Gasteiger partial charge on any atom is -0.493 e. The Bertz CT molecular complexity index is 804. The molecule has 0 aliphatic heterocycles. The fourth-order valence-corrected chi connectivity index (χ4v) is 6.42. The van der Waals surface area contributed by atoms with E-state index >= 15 is 0 Å². The number of benzene rings is 1. The van der Waals surface area contributed by atoms with Gasteiger partial charge in [-0.15, -0.1) is 0 Å². The average molecular weight is 445 g/mol. The lowest BCUT2D eigenvalue weighted by atomic mass is 9.49. The van der Waals surface area contributed by atoms with E-state index in [0.29, 0.717) is 42.5 Å². The van der Waals surface area contributed by atoms with E-state index in [1.807, 2.05) is 25.1 Å². The first-order chi connectivity index (χ1) is 15.4. The predicted octanol–water partition coefficient (Wildman–Crippen LogP) is 3.23. The van der Waals surface area contributed by atoms with Gasteiger partial charge >= 0.3 is 0 Å². The first kappa shape index (κ1) is 22.9. The summed E-state index contributed by atoms with van der Waals surface area (Å²) in [7, 11) is 3.21. The van der Waals surface area contributed by atoms with Gasteiger partial charge in [-0.25, -0.2) is 0 Å². The zero-order valence-electron chi connectivity index (χ0n) is 19.4. The maximum Gasteiger partial charge on any atom is 0.239 e. The van der Waals surface area contributed by atoms with Crippen LogP contribution in [0.25, 0.3) is 0 Å². The van der Waals surface area contributed by atoms with E-state index < -0.39 is 0 Å². The van der Waals surface area contributed by atoms with Crippen molar-refractivity contribution in [3.05, 3.63) is 23.8 Å². The molecule has 176 valence electrons. The lowest BCUT2D eigenvalue weighted by molar-refractivity contribution is -0.147. The third-order valence-electron chi connectivity index (χ3n) is 7.54. The normalized spacial score (nSPS) is 28.8. The topological polar surface area (TPSA) is 85.9 Å². The maximum atomic E-state index is 13.1. The fourth-order valence-electron chi connectivity index (χ4n) is 6.42. The molecule has 0 heterocycles. The molecule has 0 aromatic heterocycles. The number of amides is 2. The van der Waals surface area contributed by atoms with Crippen molar-refractivity contribution in [3.63, 3.8) is 0 Å². The highest BCUT2D eigenvalue weighted by Gasteiger charge is 2.54. The van der Waals surface area contributed by atoms with Crippen LogP contribution in [0.1, 0.15) is 57.1 Å². The van der Waals surface area contributed by atoms with Crippen LogP contribution in [0.15, 0.2) is 18.2 Å². The number of hydrogen-bond donors (Lipinski definition) is 2. The number of carbonyl (C=O) groups is 2. The van der Waals surface area contributed by atoms with Crippen molar-refractivity contribution >= 4 is 11.8 Å². The van der Waals surface area contributed by atoms with Gasteiger partial charge in [0.15, 0.2) is 11.5 Å². The Morgan fingerprint density at radius 1 is 1.03 bits per heavy atom. The van der Waals surface area contributed by atoms with E-state index in [1.54, 1.807) is 14.2 Å². The average Bonchev–Trinajstić information content (AvgIpc) is 2.76. The van der Waals surface area contributed by atoms with Gasteiger partial charge in [-0.2, -0.15) is 0 Å². The third-order valence-corrected chi connectivity index (χ3v) is 7.54. The van der Waals surface area contributed by atoms with Crippen LogP contribution < -0.4 is 20.1 Å². The molecule has 0 saturated heterocycles. The number of nitrogens with one attached hydrogen (secondary N) is 2. The van der Waals surface area contributed by atoms with Crippen LogP contribution in [0.2, 0.25) is 0 Å². The Balaban J connectivity index is 1.29. The van der Waals surface area contributed by atoms with Crippen LogP contribution in [-0.4, -0.2) is 45.8 Å². The Morgan fingerprint density at radius 3 is 2.28 bits per heavy atom. The van der Waals surface area contributed by atoms with Crippen LogP contribution in [0.3, 0.4) is 0 Å². The van der Waals surface area contributed by atoms with Crippen LogP contribution in [0.4, 0.5) is 0 Å². The van der Waals surface area contributed by atoms with Gasteiger partial charge in [0.2, 0.25) is 11.8 Å². The third kappa shape index (κ3) is 4.87. The van der Waals surface area contributed by atoms with Crippen molar-refractivity contribution in [3.8, 4) is 11.5 Å². The summed E-state index contributed by atoms with van der Waals surface area (Å²) in [5.41, 5.74) is 0.675. The second kappa shape index (κ2) is 9.69. The molecule has 5 rings (SSSR count). The molecule has 32 heavy (non-hydrogen) atoms. The van der Waals surface area contributed by atoms with Crippen molar-refractivity contribution in [1.29, 1.82) is 0 Å². The van der Waals surface area contributed by atoms with Gasteiger partial charge in [0.1, 0.15) is 6.61 Å². The smallest absolute Gasteiger partial charge is 0.239 e. The summed E-state index contributed by atoms with van der Waals surface area (Å²) in [4.78, 5) is 25.6. The maximum absolute atomic E-state index is 13.1. The molecule has 4 aliphatic carbocycles. The molecule has 1 atom stereocenters.